The van der Waals surface area contributed by atoms with E-state index in [4.69, 9.17) is 9.47 Å². The molecule has 0 aliphatic heterocycles. The van der Waals surface area contributed by atoms with Crippen molar-refractivity contribution >= 4 is 5.97 Å². The Hall–Kier alpha value is -0.610. The topological polar surface area (TPSA) is 47.6 Å². The predicted octanol–water partition coefficient (Wildman–Crippen LogP) is 2.12. The largest absolute Gasteiger partial charge is 0.465 e. The molecule has 1 N–H and O–H groups in total. The highest BCUT2D eigenvalue weighted by molar-refractivity contribution is 5.82. The zero-order chi connectivity index (χ0) is 13.6. The van der Waals surface area contributed by atoms with Crippen molar-refractivity contribution in [2.75, 3.05) is 20.3 Å². The van der Waals surface area contributed by atoms with E-state index in [1.807, 2.05) is 6.92 Å². The molecule has 0 bridgehead atoms. The van der Waals surface area contributed by atoms with E-state index in [0.717, 1.165) is 25.7 Å². The van der Waals surface area contributed by atoms with E-state index in [1.54, 1.807) is 7.11 Å². The Morgan fingerprint density at radius 2 is 2.22 bits per heavy atom. The number of nitrogens with one attached hydrogen (secondary N) is 1. The summed E-state index contributed by atoms with van der Waals surface area (Å²) in [5.74, 6) is 0.233. The molecule has 106 valence electrons. The first-order valence-electron chi connectivity index (χ1n) is 7.00. The molecule has 4 heteroatoms. The Bertz CT molecular complexity index is 268. The Balaban J connectivity index is 2.83. The van der Waals surface area contributed by atoms with E-state index >= 15 is 0 Å². The predicted molar refractivity (Wildman–Crippen MR) is 71.5 cm³/mol. The van der Waals surface area contributed by atoms with Crippen LogP contribution in [0.1, 0.15) is 46.5 Å². The summed E-state index contributed by atoms with van der Waals surface area (Å²) < 4.78 is 10.5. The van der Waals surface area contributed by atoms with Crippen molar-refractivity contribution in [3.05, 3.63) is 0 Å². The molecule has 2 unspecified atom stereocenters. The van der Waals surface area contributed by atoms with Gasteiger partial charge in [0.2, 0.25) is 0 Å². The highest BCUT2D eigenvalue weighted by Gasteiger charge is 2.49. The van der Waals surface area contributed by atoms with E-state index in [2.05, 4.69) is 19.2 Å². The maximum atomic E-state index is 12.4. The van der Waals surface area contributed by atoms with Crippen LogP contribution in [-0.2, 0) is 14.3 Å². The highest BCUT2D eigenvalue weighted by Crippen LogP contribution is 2.39. The minimum atomic E-state index is -0.497. The Kier molecular flexibility index (Phi) is 6.09. The fourth-order valence-electron chi connectivity index (χ4n) is 3.02. The standard InChI is InChI=1S/C14H27NO3/c1-5-18-13(16)14(15-11(2)3)9-6-7-12(14)8-10-17-4/h11-12,15H,5-10H2,1-4H3. The van der Waals surface area contributed by atoms with Crippen molar-refractivity contribution in [2.24, 2.45) is 5.92 Å². The van der Waals surface area contributed by atoms with Crippen LogP contribution < -0.4 is 5.32 Å². The number of hydrogen-bond acceptors (Lipinski definition) is 4. The lowest BCUT2D eigenvalue weighted by molar-refractivity contribution is -0.153. The van der Waals surface area contributed by atoms with Crippen LogP contribution in [0, 0.1) is 5.92 Å². The maximum absolute atomic E-state index is 12.4. The SMILES string of the molecule is CCOC(=O)C1(NC(C)C)CCCC1CCOC. The molecule has 18 heavy (non-hydrogen) atoms. The third-order valence-corrected chi connectivity index (χ3v) is 3.68. The molecule has 0 aromatic carbocycles. The van der Waals surface area contributed by atoms with E-state index in [-0.39, 0.29) is 12.0 Å². The molecule has 2 atom stereocenters. The van der Waals surface area contributed by atoms with Gasteiger partial charge in [0, 0.05) is 19.8 Å². The second-order valence-electron chi connectivity index (χ2n) is 5.36. The van der Waals surface area contributed by atoms with Crippen molar-refractivity contribution in [1.82, 2.24) is 5.32 Å². The Morgan fingerprint density at radius 3 is 2.78 bits per heavy atom. The first kappa shape index (κ1) is 15.4. The zero-order valence-corrected chi connectivity index (χ0v) is 12.1. The third kappa shape index (κ3) is 3.45. The average molecular weight is 257 g/mol. The van der Waals surface area contributed by atoms with Gasteiger partial charge in [-0.2, -0.15) is 0 Å². The lowest BCUT2D eigenvalue weighted by atomic mass is 9.84. The van der Waals surface area contributed by atoms with Crippen molar-refractivity contribution < 1.29 is 14.3 Å². The molecule has 0 heterocycles. The molecule has 1 aliphatic carbocycles. The number of carbonyl (C=O) groups is 1. The first-order chi connectivity index (χ1) is 8.56. The lowest BCUT2D eigenvalue weighted by Gasteiger charge is -2.36. The number of rotatable bonds is 7. The number of esters is 1. The average Bonchev–Trinajstić information content (AvgIpc) is 2.70. The van der Waals surface area contributed by atoms with Gasteiger partial charge < -0.3 is 9.47 Å². The molecule has 0 aromatic heterocycles. The third-order valence-electron chi connectivity index (χ3n) is 3.68. The summed E-state index contributed by atoms with van der Waals surface area (Å²) in [6.45, 7) is 7.16. The van der Waals surface area contributed by atoms with Gasteiger partial charge in [0.25, 0.3) is 0 Å². The molecule has 1 saturated carbocycles. The number of carbonyl (C=O) groups excluding carboxylic acids is 1. The number of ether oxygens (including phenoxy) is 2. The maximum Gasteiger partial charge on any atom is 0.326 e. The molecule has 1 aliphatic rings. The number of hydrogen-bond donors (Lipinski definition) is 1. The van der Waals surface area contributed by atoms with Crippen LogP contribution in [0.2, 0.25) is 0 Å². The molecule has 0 radical (unpaired) electrons. The molecule has 0 spiro atoms. The van der Waals surface area contributed by atoms with Gasteiger partial charge in [-0.15, -0.1) is 0 Å². The molecule has 0 saturated heterocycles. The van der Waals surface area contributed by atoms with Crippen molar-refractivity contribution in [2.45, 2.75) is 58.0 Å². The van der Waals surface area contributed by atoms with Crippen molar-refractivity contribution in [1.29, 1.82) is 0 Å². The summed E-state index contributed by atoms with van der Waals surface area (Å²) in [7, 11) is 1.71. The summed E-state index contributed by atoms with van der Waals surface area (Å²) in [5, 5.41) is 3.47. The minimum absolute atomic E-state index is 0.0858. The zero-order valence-electron chi connectivity index (χ0n) is 12.1. The molecule has 0 aromatic rings. The van der Waals surface area contributed by atoms with Gasteiger partial charge in [-0.3, -0.25) is 10.1 Å². The highest BCUT2D eigenvalue weighted by atomic mass is 16.5. The second kappa shape index (κ2) is 7.10. The molecule has 0 amide bonds. The van der Waals surface area contributed by atoms with Gasteiger partial charge in [-0.25, -0.2) is 0 Å². The summed E-state index contributed by atoms with van der Waals surface area (Å²) in [4.78, 5) is 12.4. The summed E-state index contributed by atoms with van der Waals surface area (Å²) in [6, 6.07) is 0.276. The van der Waals surface area contributed by atoms with Crippen LogP contribution in [0.25, 0.3) is 0 Å². The normalized spacial score (nSPS) is 27.7. The second-order valence-corrected chi connectivity index (χ2v) is 5.36. The summed E-state index contributed by atoms with van der Waals surface area (Å²) in [5.41, 5.74) is -0.497. The molecular formula is C14H27NO3. The van der Waals surface area contributed by atoms with Gasteiger partial charge in [0.15, 0.2) is 0 Å². The van der Waals surface area contributed by atoms with Crippen LogP contribution in [0.15, 0.2) is 0 Å². The summed E-state index contributed by atoms with van der Waals surface area (Å²) in [6.07, 6.45) is 3.93. The van der Waals surface area contributed by atoms with E-state index in [9.17, 15) is 4.79 Å². The smallest absolute Gasteiger partial charge is 0.326 e. The molecular weight excluding hydrogens is 230 g/mol. The van der Waals surface area contributed by atoms with Crippen molar-refractivity contribution in [3.8, 4) is 0 Å². The van der Waals surface area contributed by atoms with E-state index in [1.165, 1.54) is 0 Å². The summed E-state index contributed by atoms with van der Waals surface area (Å²) >= 11 is 0. The van der Waals surface area contributed by atoms with Crippen molar-refractivity contribution in [3.63, 3.8) is 0 Å². The quantitative estimate of drug-likeness (QED) is 0.710. The van der Waals surface area contributed by atoms with Gasteiger partial charge in [0.1, 0.15) is 5.54 Å². The Labute approximate surface area is 110 Å². The molecule has 1 rings (SSSR count). The monoisotopic (exact) mass is 257 g/mol. The Morgan fingerprint density at radius 1 is 1.50 bits per heavy atom. The molecule has 4 nitrogen and oxygen atoms in total. The lowest BCUT2D eigenvalue weighted by Crippen LogP contribution is -2.58. The first-order valence-corrected chi connectivity index (χ1v) is 7.00. The number of methoxy groups -OCH3 is 1. The van der Waals surface area contributed by atoms with Crippen LogP contribution >= 0.6 is 0 Å². The van der Waals surface area contributed by atoms with Crippen LogP contribution in [0.4, 0.5) is 0 Å². The molecule has 1 fully saturated rings. The van der Waals surface area contributed by atoms with Crippen LogP contribution in [0.3, 0.4) is 0 Å². The van der Waals surface area contributed by atoms with Gasteiger partial charge >= 0.3 is 5.97 Å². The van der Waals surface area contributed by atoms with Crippen LogP contribution in [0.5, 0.6) is 0 Å². The van der Waals surface area contributed by atoms with Crippen LogP contribution in [-0.4, -0.2) is 37.9 Å². The van der Waals surface area contributed by atoms with Gasteiger partial charge in [-0.1, -0.05) is 6.42 Å². The van der Waals surface area contributed by atoms with E-state index in [0.29, 0.717) is 19.1 Å². The van der Waals surface area contributed by atoms with E-state index < -0.39 is 5.54 Å². The fourth-order valence-corrected chi connectivity index (χ4v) is 3.02. The fraction of sp³-hybridized carbons (Fsp3) is 0.929. The van der Waals surface area contributed by atoms with Gasteiger partial charge in [-0.05, 0) is 46.0 Å². The minimum Gasteiger partial charge on any atom is -0.465 e. The van der Waals surface area contributed by atoms with Gasteiger partial charge in [0.05, 0.1) is 6.61 Å².